The van der Waals surface area contributed by atoms with Crippen LogP contribution in [0.15, 0.2) is 0 Å². The van der Waals surface area contributed by atoms with Crippen molar-refractivity contribution in [3.8, 4) is 0 Å². The SMILES string of the molecule is O=C(C1CCC(C(F)(F)F)CC1)N(CCCBr)C1CCC1. The van der Waals surface area contributed by atoms with Gasteiger partial charge in [0.2, 0.25) is 5.91 Å². The minimum atomic E-state index is -4.10. The second-order valence-corrected chi connectivity index (χ2v) is 7.04. The summed E-state index contributed by atoms with van der Waals surface area (Å²) in [5, 5.41) is 0.852. The molecule has 0 saturated heterocycles. The van der Waals surface area contributed by atoms with Gasteiger partial charge in [-0.15, -0.1) is 0 Å². The Kier molecular flexibility index (Phi) is 5.97. The molecule has 2 rings (SSSR count). The number of carbonyl (C=O) groups is 1. The molecule has 0 heterocycles. The highest BCUT2D eigenvalue weighted by Gasteiger charge is 2.43. The van der Waals surface area contributed by atoms with Gasteiger partial charge in [0.1, 0.15) is 0 Å². The van der Waals surface area contributed by atoms with Crippen LogP contribution in [0.2, 0.25) is 0 Å². The van der Waals surface area contributed by atoms with E-state index in [4.69, 9.17) is 0 Å². The summed E-state index contributed by atoms with van der Waals surface area (Å²) in [6.45, 7) is 0.730. The van der Waals surface area contributed by atoms with Gasteiger partial charge in [-0.25, -0.2) is 0 Å². The summed E-state index contributed by atoms with van der Waals surface area (Å²) >= 11 is 3.38. The molecule has 0 aromatic heterocycles. The molecule has 2 saturated carbocycles. The van der Waals surface area contributed by atoms with Crippen molar-refractivity contribution in [1.29, 1.82) is 0 Å². The van der Waals surface area contributed by atoms with Crippen molar-refractivity contribution in [1.82, 2.24) is 4.90 Å². The predicted molar refractivity (Wildman–Crippen MR) is 79.3 cm³/mol. The maximum Gasteiger partial charge on any atom is 0.391 e. The number of carbonyl (C=O) groups excluding carboxylic acids is 1. The Balaban J connectivity index is 1.89. The Labute approximate surface area is 132 Å². The summed E-state index contributed by atoms with van der Waals surface area (Å²) in [5.74, 6) is -1.30. The number of alkyl halides is 4. The fourth-order valence-electron chi connectivity index (χ4n) is 3.30. The molecule has 1 amide bonds. The fourth-order valence-corrected chi connectivity index (χ4v) is 3.55. The molecule has 0 aliphatic heterocycles. The molecule has 0 unspecified atom stereocenters. The third-order valence-electron chi connectivity index (χ3n) is 4.87. The smallest absolute Gasteiger partial charge is 0.339 e. The van der Waals surface area contributed by atoms with Crippen LogP contribution in [0.1, 0.15) is 51.4 Å². The lowest BCUT2D eigenvalue weighted by Gasteiger charge is -2.40. The summed E-state index contributed by atoms with van der Waals surface area (Å²) < 4.78 is 38.1. The van der Waals surface area contributed by atoms with Crippen molar-refractivity contribution in [2.24, 2.45) is 11.8 Å². The Hall–Kier alpha value is -0.260. The van der Waals surface area contributed by atoms with Gasteiger partial charge in [-0.2, -0.15) is 13.2 Å². The van der Waals surface area contributed by atoms with Crippen LogP contribution in [0.25, 0.3) is 0 Å². The Morgan fingerprint density at radius 3 is 2.14 bits per heavy atom. The summed E-state index contributed by atoms with van der Waals surface area (Å²) in [4.78, 5) is 14.6. The molecule has 2 aliphatic rings. The molecular formula is C15H23BrF3NO. The van der Waals surface area contributed by atoms with Gasteiger partial charge in [-0.1, -0.05) is 15.9 Å². The molecule has 0 N–H and O–H groups in total. The molecular weight excluding hydrogens is 347 g/mol. The van der Waals surface area contributed by atoms with Crippen LogP contribution in [0.5, 0.6) is 0 Å². The number of hydrogen-bond donors (Lipinski definition) is 0. The minimum Gasteiger partial charge on any atom is -0.339 e. The highest BCUT2D eigenvalue weighted by atomic mass is 79.9. The van der Waals surface area contributed by atoms with E-state index in [1.165, 1.54) is 0 Å². The van der Waals surface area contributed by atoms with Crippen molar-refractivity contribution in [2.45, 2.75) is 63.6 Å². The first-order chi connectivity index (χ1) is 9.93. The highest BCUT2D eigenvalue weighted by molar-refractivity contribution is 9.09. The molecule has 2 nitrogen and oxygen atoms in total. The number of rotatable bonds is 5. The molecule has 21 heavy (non-hydrogen) atoms. The normalized spacial score (nSPS) is 27.2. The van der Waals surface area contributed by atoms with Crippen LogP contribution in [-0.4, -0.2) is 34.9 Å². The van der Waals surface area contributed by atoms with Crippen LogP contribution in [-0.2, 0) is 4.79 Å². The summed E-state index contributed by atoms with van der Waals surface area (Å²) in [6.07, 6.45) is 1.05. The zero-order valence-corrected chi connectivity index (χ0v) is 13.8. The highest BCUT2D eigenvalue weighted by Crippen LogP contribution is 2.40. The van der Waals surface area contributed by atoms with E-state index in [1.807, 2.05) is 4.90 Å². The van der Waals surface area contributed by atoms with Crippen molar-refractivity contribution >= 4 is 21.8 Å². The Bertz CT molecular complexity index is 349. The average molecular weight is 370 g/mol. The molecule has 0 bridgehead atoms. The first-order valence-corrected chi connectivity index (χ1v) is 8.98. The molecule has 6 heteroatoms. The second-order valence-electron chi connectivity index (χ2n) is 6.25. The van der Waals surface area contributed by atoms with E-state index in [0.29, 0.717) is 18.9 Å². The zero-order valence-electron chi connectivity index (χ0n) is 12.2. The van der Waals surface area contributed by atoms with Crippen LogP contribution in [0.4, 0.5) is 13.2 Å². The molecule has 0 aromatic carbocycles. The van der Waals surface area contributed by atoms with Gasteiger partial charge in [-0.05, 0) is 51.4 Å². The lowest BCUT2D eigenvalue weighted by Crippen LogP contribution is -2.48. The quantitative estimate of drug-likeness (QED) is 0.652. The van der Waals surface area contributed by atoms with Crippen LogP contribution >= 0.6 is 15.9 Å². The molecule has 0 atom stereocenters. The monoisotopic (exact) mass is 369 g/mol. The topological polar surface area (TPSA) is 20.3 Å². The van der Waals surface area contributed by atoms with E-state index in [9.17, 15) is 18.0 Å². The van der Waals surface area contributed by atoms with Gasteiger partial charge in [0, 0.05) is 23.8 Å². The largest absolute Gasteiger partial charge is 0.391 e. The van der Waals surface area contributed by atoms with E-state index < -0.39 is 12.1 Å². The van der Waals surface area contributed by atoms with Crippen LogP contribution in [0.3, 0.4) is 0 Å². The molecule has 0 radical (unpaired) electrons. The number of amides is 1. The molecule has 0 aromatic rings. The van der Waals surface area contributed by atoms with Gasteiger partial charge >= 0.3 is 6.18 Å². The predicted octanol–water partition coefficient (Wildman–Crippen LogP) is 4.52. The Morgan fingerprint density at radius 1 is 1.10 bits per heavy atom. The van der Waals surface area contributed by atoms with Crippen molar-refractivity contribution in [3.63, 3.8) is 0 Å². The van der Waals surface area contributed by atoms with Crippen molar-refractivity contribution in [2.75, 3.05) is 11.9 Å². The van der Waals surface area contributed by atoms with Gasteiger partial charge < -0.3 is 4.90 Å². The third kappa shape index (κ3) is 4.36. The summed E-state index contributed by atoms with van der Waals surface area (Å²) in [6, 6.07) is 0.330. The standard InChI is InChI=1S/C15H23BrF3NO/c16-9-2-10-20(13-3-1-4-13)14(21)11-5-7-12(8-6-11)15(17,18)19/h11-13H,1-10H2. The van der Waals surface area contributed by atoms with Gasteiger partial charge in [0.25, 0.3) is 0 Å². The second kappa shape index (κ2) is 7.34. The lowest BCUT2D eigenvalue weighted by molar-refractivity contribution is -0.185. The minimum absolute atomic E-state index is 0.0984. The maximum absolute atomic E-state index is 12.7. The molecule has 0 spiro atoms. The van der Waals surface area contributed by atoms with Crippen molar-refractivity contribution < 1.29 is 18.0 Å². The van der Waals surface area contributed by atoms with Crippen LogP contribution < -0.4 is 0 Å². The van der Waals surface area contributed by atoms with Gasteiger partial charge in [0.05, 0.1) is 5.92 Å². The third-order valence-corrected chi connectivity index (χ3v) is 5.43. The van der Waals surface area contributed by atoms with E-state index in [0.717, 1.165) is 37.6 Å². The Morgan fingerprint density at radius 2 is 1.71 bits per heavy atom. The maximum atomic E-state index is 12.7. The first-order valence-electron chi connectivity index (χ1n) is 7.86. The van der Waals surface area contributed by atoms with E-state index >= 15 is 0 Å². The number of hydrogen-bond acceptors (Lipinski definition) is 1. The number of halogens is 4. The van der Waals surface area contributed by atoms with E-state index in [2.05, 4.69) is 15.9 Å². The van der Waals surface area contributed by atoms with Gasteiger partial charge in [-0.3, -0.25) is 4.79 Å². The summed E-state index contributed by atoms with van der Waals surface area (Å²) in [7, 11) is 0. The molecule has 122 valence electrons. The molecule has 2 fully saturated rings. The molecule has 2 aliphatic carbocycles. The zero-order chi connectivity index (χ0) is 15.5. The van der Waals surface area contributed by atoms with E-state index in [-0.39, 0.29) is 24.7 Å². The van der Waals surface area contributed by atoms with Crippen molar-refractivity contribution in [3.05, 3.63) is 0 Å². The average Bonchev–Trinajstić information content (AvgIpc) is 2.39. The van der Waals surface area contributed by atoms with Gasteiger partial charge in [0.15, 0.2) is 0 Å². The van der Waals surface area contributed by atoms with E-state index in [1.54, 1.807) is 0 Å². The fraction of sp³-hybridized carbons (Fsp3) is 0.933. The van der Waals surface area contributed by atoms with Crippen LogP contribution in [0, 0.1) is 11.8 Å². The number of nitrogens with zero attached hydrogens (tertiary/aromatic N) is 1. The lowest BCUT2D eigenvalue weighted by atomic mass is 9.80. The first kappa shape index (κ1) is 17.1. The summed E-state index contributed by atoms with van der Waals surface area (Å²) in [5.41, 5.74) is 0.